The van der Waals surface area contributed by atoms with Crippen LogP contribution in [0.25, 0.3) is 0 Å². The Morgan fingerprint density at radius 2 is 2.11 bits per heavy atom. The summed E-state index contributed by atoms with van der Waals surface area (Å²) in [6, 6.07) is 1.87. The third-order valence-electron chi connectivity index (χ3n) is 3.30. The maximum Gasteiger partial charge on any atom is 0.218 e. The smallest absolute Gasteiger partial charge is 0.218 e. The van der Waals surface area contributed by atoms with Crippen molar-refractivity contribution in [2.75, 3.05) is 38.1 Å². The second-order valence-corrected chi connectivity index (χ2v) is 4.92. The van der Waals surface area contributed by atoms with Gasteiger partial charge in [-0.1, -0.05) is 13.3 Å². The molecule has 5 heteroatoms. The average molecular weight is 264 g/mol. The summed E-state index contributed by atoms with van der Waals surface area (Å²) in [6.45, 7) is 7.15. The molecule has 0 unspecified atom stereocenters. The lowest BCUT2D eigenvalue weighted by molar-refractivity contribution is 0.180. The number of hydrogen-bond donors (Lipinski definition) is 1. The van der Waals surface area contributed by atoms with Crippen LogP contribution in [0.4, 0.5) is 5.82 Å². The van der Waals surface area contributed by atoms with E-state index in [-0.39, 0.29) is 0 Å². The predicted octanol–water partition coefficient (Wildman–Crippen LogP) is 2.16. The molecule has 2 rings (SSSR count). The summed E-state index contributed by atoms with van der Waals surface area (Å²) in [4.78, 5) is 10.8. The van der Waals surface area contributed by atoms with Crippen LogP contribution < -0.4 is 10.1 Å². The second-order valence-electron chi connectivity index (χ2n) is 4.92. The third kappa shape index (κ3) is 5.03. The normalized spacial score (nSPS) is 16.3. The largest absolute Gasteiger partial charge is 0.476 e. The lowest BCUT2D eigenvalue weighted by Gasteiger charge is -2.26. The molecular weight excluding hydrogens is 240 g/mol. The molecule has 1 aromatic rings. The van der Waals surface area contributed by atoms with Gasteiger partial charge in [0.05, 0.1) is 0 Å². The van der Waals surface area contributed by atoms with E-state index in [4.69, 9.17) is 4.74 Å². The van der Waals surface area contributed by atoms with Gasteiger partial charge in [0, 0.05) is 19.2 Å². The van der Waals surface area contributed by atoms with Crippen LogP contribution in [0.5, 0.6) is 5.88 Å². The Morgan fingerprint density at radius 3 is 2.89 bits per heavy atom. The van der Waals surface area contributed by atoms with Gasteiger partial charge in [-0.05, 0) is 32.4 Å². The first-order valence-electron chi connectivity index (χ1n) is 7.29. The lowest BCUT2D eigenvalue weighted by atomic mass is 10.1. The molecule has 1 aromatic heterocycles. The molecular formula is C14H24N4O. The fraction of sp³-hybridized carbons (Fsp3) is 0.714. The number of ether oxygens (including phenoxy) is 1. The zero-order valence-corrected chi connectivity index (χ0v) is 11.8. The summed E-state index contributed by atoms with van der Waals surface area (Å²) in [5, 5.41) is 3.23. The van der Waals surface area contributed by atoms with Crippen LogP contribution >= 0.6 is 0 Å². The van der Waals surface area contributed by atoms with Crippen molar-refractivity contribution in [3.63, 3.8) is 0 Å². The van der Waals surface area contributed by atoms with Gasteiger partial charge in [-0.15, -0.1) is 0 Å². The first kappa shape index (κ1) is 14.1. The average Bonchev–Trinajstić information content (AvgIpc) is 2.47. The van der Waals surface area contributed by atoms with E-state index in [1.807, 2.05) is 6.07 Å². The Bertz CT molecular complexity index is 366. The Balaban J connectivity index is 1.72. The number of aromatic nitrogens is 2. The van der Waals surface area contributed by atoms with Gasteiger partial charge in [0.2, 0.25) is 5.88 Å². The topological polar surface area (TPSA) is 50.3 Å². The molecule has 1 N–H and O–H groups in total. The summed E-state index contributed by atoms with van der Waals surface area (Å²) in [5.41, 5.74) is 0. The summed E-state index contributed by atoms with van der Waals surface area (Å²) >= 11 is 0. The quantitative estimate of drug-likeness (QED) is 0.818. The number of anilines is 1. The van der Waals surface area contributed by atoms with Crippen LogP contribution in [0.3, 0.4) is 0 Å². The van der Waals surface area contributed by atoms with Gasteiger partial charge in [0.15, 0.2) is 0 Å². The monoisotopic (exact) mass is 264 g/mol. The van der Waals surface area contributed by atoms with E-state index in [1.165, 1.54) is 32.4 Å². The van der Waals surface area contributed by atoms with Crippen molar-refractivity contribution in [3.05, 3.63) is 12.4 Å². The van der Waals surface area contributed by atoms with Crippen LogP contribution in [0.15, 0.2) is 12.4 Å². The number of piperidine rings is 1. The Labute approximate surface area is 115 Å². The summed E-state index contributed by atoms with van der Waals surface area (Å²) in [7, 11) is 0. The molecule has 0 spiro atoms. The second kappa shape index (κ2) is 7.94. The molecule has 1 fully saturated rings. The standard InChI is InChI=1S/C14H24N4O/c1-2-6-15-13-11-14(17-12-16-13)19-10-9-18-7-4-3-5-8-18/h11-12H,2-10H2,1H3,(H,15,16,17). The van der Waals surface area contributed by atoms with E-state index in [2.05, 4.69) is 27.1 Å². The molecule has 1 saturated heterocycles. The van der Waals surface area contributed by atoms with Gasteiger partial charge in [0.1, 0.15) is 18.8 Å². The van der Waals surface area contributed by atoms with Crippen LogP contribution in [0.1, 0.15) is 32.6 Å². The number of likely N-dealkylation sites (tertiary alicyclic amines) is 1. The minimum absolute atomic E-state index is 0.658. The first-order valence-corrected chi connectivity index (χ1v) is 7.29. The van der Waals surface area contributed by atoms with Crippen molar-refractivity contribution in [2.24, 2.45) is 0 Å². The fourth-order valence-electron chi connectivity index (χ4n) is 2.23. The van der Waals surface area contributed by atoms with E-state index < -0.39 is 0 Å². The summed E-state index contributed by atoms with van der Waals surface area (Å²) in [5.74, 6) is 1.50. The molecule has 2 heterocycles. The van der Waals surface area contributed by atoms with Crippen molar-refractivity contribution in [1.82, 2.24) is 14.9 Å². The van der Waals surface area contributed by atoms with Crippen LogP contribution in [0, 0.1) is 0 Å². The van der Waals surface area contributed by atoms with Crippen molar-refractivity contribution in [1.29, 1.82) is 0 Å². The number of nitrogens with one attached hydrogen (secondary N) is 1. The van der Waals surface area contributed by atoms with Crippen molar-refractivity contribution in [2.45, 2.75) is 32.6 Å². The van der Waals surface area contributed by atoms with Crippen molar-refractivity contribution >= 4 is 5.82 Å². The molecule has 1 aliphatic heterocycles. The Hall–Kier alpha value is -1.36. The highest BCUT2D eigenvalue weighted by Gasteiger charge is 2.09. The highest BCUT2D eigenvalue weighted by molar-refractivity contribution is 5.36. The Kier molecular flexibility index (Phi) is 5.88. The highest BCUT2D eigenvalue weighted by atomic mass is 16.5. The van der Waals surface area contributed by atoms with Crippen molar-refractivity contribution < 1.29 is 4.74 Å². The molecule has 106 valence electrons. The maximum atomic E-state index is 5.70. The van der Waals surface area contributed by atoms with E-state index in [0.29, 0.717) is 12.5 Å². The van der Waals surface area contributed by atoms with Crippen LogP contribution in [0.2, 0.25) is 0 Å². The zero-order valence-electron chi connectivity index (χ0n) is 11.8. The van der Waals surface area contributed by atoms with Gasteiger partial charge in [-0.25, -0.2) is 9.97 Å². The van der Waals surface area contributed by atoms with Gasteiger partial charge in [-0.3, -0.25) is 4.90 Å². The molecule has 0 aliphatic carbocycles. The molecule has 0 saturated carbocycles. The number of rotatable bonds is 7. The zero-order chi connectivity index (χ0) is 13.3. The third-order valence-corrected chi connectivity index (χ3v) is 3.30. The van der Waals surface area contributed by atoms with Gasteiger partial charge in [-0.2, -0.15) is 0 Å². The maximum absolute atomic E-state index is 5.70. The predicted molar refractivity (Wildman–Crippen MR) is 76.6 cm³/mol. The SMILES string of the molecule is CCCNc1cc(OCCN2CCCCC2)ncn1. The molecule has 5 nitrogen and oxygen atoms in total. The first-order chi connectivity index (χ1) is 9.38. The van der Waals surface area contributed by atoms with E-state index in [9.17, 15) is 0 Å². The molecule has 0 aromatic carbocycles. The lowest BCUT2D eigenvalue weighted by Crippen LogP contribution is -2.33. The van der Waals surface area contributed by atoms with Gasteiger partial charge in [0.25, 0.3) is 0 Å². The number of hydrogen-bond acceptors (Lipinski definition) is 5. The Morgan fingerprint density at radius 1 is 1.26 bits per heavy atom. The van der Waals surface area contributed by atoms with Crippen LogP contribution in [-0.2, 0) is 0 Å². The molecule has 1 aliphatic rings. The van der Waals surface area contributed by atoms with E-state index in [1.54, 1.807) is 6.33 Å². The van der Waals surface area contributed by atoms with E-state index in [0.717, 1.165) is 25.3 Å². The fourth-order valence-corrected chi connectivity index (χ4v) is 2.23. The molecule has 0 amide bonds. The van der Waals surface area contributed by atoms with E-state index >= 15 is 0 Å². The summed E-state index contributed by atoms with van der Waals surface area (Å²) in [6.07, 6.45) is 6.64. The molecule has 0 radical (unpaired) electrons. The minimum atomic E-state index is 0.658. The minimum Gasteiger partial charge on any atom is -0.476 e. The number of nitrogens with zero attached hydrogens (tertiary/aromatic N) is 3. The molecule has 0 bridgehead atoms. The van der Waals surface area contributed by atoms with Gasteiger partial charge < -0.3 is 10.1 Å². The van der Waals surface area contributed by atoms with Gasteiger partial charge >= 0.3 is 0 Å². The van der Waals surface area contributed by atoms with Crippen LogP contribution in [-0.4, -0.2) is 47.7 Å². The summed E-state index contributed by atoms with van der Waals surface area (Å²) < 4.78 is 5.70. The van der Waals surface area contributed by atoms with Crippen molar-refractivity contribution in [3.8, 4) is 5.88 Å². The molecule has 19 heavy (non-hydrogen) atoms. The highest BCUT2D eigenvalue weighted by Crippen LogP contribution is 2.12. The molecule has 0 atom stereocenters.